The Balaban J connectivity index is 2.03. The Morgan fingerprint density at radius 1 is 1.45 bits per heavy atom. The number of rotatable bonds is 3. The van der Waals surface area contributed by atoms with Crippen molar-refractivity contribution in [3.8, 4) is 5.75 Å². The van der Waals surface area contributed by atoms with Gasteiger partial charge in [-0.25, -0.2) is 4.79 Å². The first-order valence-electron chi connectivity index (χ1n) is 6.99. The molecule has 110 valence electrons. The molecule has 0 spiro atoms. The summed E-state index contributed by atoms with van der Waals surface area (Å²) in [7, 11) is 0. The van der Waals surface area contributed by atoms with E-state index in [9.17, 15) is 4.79 Å². The molecule has 5 heteroatoms. The number of carbonyl (C=O) groups excluding carboxylic acids is 1. The zero-order chi connectivity index (χ0) is 14.5. The van der Waals surface area contributed by atoms with E-state index in [0.29, 0.717) is 31.1 Å². The van der Waals surface area contributed by atoms with E-state index in [-0.39, 0.29) is 18.2 Å². The van der Waals surface area contributed by atoms with Crippen molar-refractivity contribution in [2.45, 2.75) is 33.0 Å². The molecule has 2 amide bonds. The highest BCUT2D eigenvalue weighted by Crippen LogP contribution is 2.25. The minimum absolute atomic E-state index is 0.0662. The number of anilines is 1. The van der Waals surface area contributed by atoms with Crippen LogP contribution in [0.3, 0.4) is 0 Å². The SMILES string of the molecule is CC(C)Oc1ccccc1NC(=O)N1CCOC(C)C1. The first kappa shape index (κ1) is 14.7. The number of nitrogens with one attached hydrogen (secondary N) is 1. The average molecular weight is 278 g/mol. The molecule has 1 aromatic carbocycles. The maximum absolute atomic E-state index is 12.3. The van der Waals surface area contributed by atoms with Crippen molar-refractivity contribution >= 4 is 11.7 Å². The topological polar surface area (TPSA) is 50.8 Å². The molecule has 1 N–H and O–H groups in total. The summed E-state index contributed by atoms with van der Waals surface area (Å²) in [5, 5.41) is 2.91. The Bertz CT molecular complexity index is 462. The predicted molar refractivity (Wildman–Crippen MR) is 78.2 cm³/mol. The minimum Gasteiger partial charge on any atom is -0.489 e. The lowest BCUT2D eigenvalue weighted by molar-refractivity contribution is -0.00139. The summed E-state index contributed by atoms with van der Waals surface area (Å²) in [4.78, 5) is 14.0. The summed E-state index contributed by atoms with van der Waals surface area (Å²) in [5.74, 6) is 0.692. The van der Waals surface area contributed by atoms with Crippen molar-refractivity contribution in [3.63, 3.8) is 0 Å². The van der Waals surface area contributed by atoms with E-state index < -0.39 is 0 Å². The summed E-state index contributed by atoms with van der Waals surface area (Å²) in [6.07, 6.45) is 0.146. The molecule has 1 aliphatic heterocycles. The molecule has 0 saturated carbocycles. The number of nitrogens with zero attached hydrogens (tertiary/aromatic N) is 1. The predicted octanol–water partition coefficient (Wildman–Crippen LogP) is 2.73. The third-order valence-corrected chi connectivity index (χ3v) is 3.02. The number of benzene rings is 1. The monoisotopic (exact) mass is 278 g/mol. The Morgan fingerprint density at radius 3 is 2.90 bits per heavy atom. The third kappa shape index (κ3) is 3.87. The van der Waals surface area contributed by atoms with E-state index in [1.165, 1.54) is 0 Å². The number of urea groups is 1. The van der Waals surface area contributed by atoms with Crippen molar-refractivity contribution in [3.05, 3.63) is 24.3 Å². The van der Waals surface area contributed by atoms with Crippen LogP contribution in [0.2, 0.25) is 0 Å². The van der Waals surface area contributed by atoms with Crippen molar-refractivity contribution in [1.82, 2.24) is 4.90 Å². The number of ether oxygens (including phenoxy) is 2. The number of hydrogen-bond donors (Lipinski definition) is 1. The Kier molecular flexibility index (Phi) is 4.84. The fourth-order valence-corrected chi connectivity index (χ4v) is 2.12. The number of hydrogen-bond acceptors (Lipinski definition) is 3. The van der Waals surface area contributed by atoms with Crippen LogP contribution in [0.15, 0.2) is 24.3 Å². The van der Waals surface area contributed by atoms with Crippen LogP contribution < -0.4 is 10.1 Å². The standard InChI is InChI=1S/C15H22N2O3/c1-11(2)20-14-7-5-4-6-13(14)16-15(18)17-8-9-19-12(3)10-17/h4-7,11-12H,8-10H2,1-3H3,(H,16,18). The third-order valence-electron chi connectivity index (χ3n) is 3.02. The van der Waals surface area contributed by atoms with Gasteiger partial charge < -0.3 is 19.7 Å². The first-order valence-corrected chi connectivity index (χ1v) is 6.99. The van der Waals surface area contributed by atoms with Crippen LogP contribution in [-0.4, -0.2) is 42.8 Å². The molecule has 5 nitrogen and oxygen atoms in total. The fraction of sp³-hybridized carbons (Fsp3) is 0.533. The Morgan fingerprint density at radius 2 is 2.20 bits per heavy atom. The maximum Gasteiger partial charge on any atom is 0.322 e. The van der Waals surface area contributed by atoms with Gasteiger partial charge in [-0.05, 0) is 32.9 Å². The highest BCUT2D eigenvalue weighted by atomic mass is 16.5. The number of carbonyl (C=O) groups is 1. The van der Waals surface area contributed by atoms with Crippen molar-refractivity contribution in [2.24, 2.45) is 0 Å². The lowest BCUT2D eigenvalue weighted by Gasteiger charge is -2.31. The van der Waals surface area contributed by atoms with Crippen LogP contribution in [0.1, 0.15) is 20.8 Å². The van der Waals surface area contributed by atoms with Crippen LogP contribution in [0.25, 0.3) is 0 Å². The second kappa shape index (κ2) is 6.61. The van der Waals surface area contributed by atoms with Gasteiger partial charge in [-0.2, -0.15) is 0 Å². The van der Waals surface area contributed by atoms with Gasteiger partial charge >= 0.3 is 6.03 Å². The van der Waals surface area contributed by atoms with E-state index >= 15 is 0 Å². The number of morpholine rings is 1. The van der Waals surface area contributed by atoms with Crippen LogP contribution in [-0.2, 0) is 4.74 Å². The van der Waals surface area contributed by atoms with E-state index in [4.69, 9.17) is 9.47 Å². The smallest absolute Gasteiger partial charge is 0.322 e. The molecular weight excluding hydrogens is 256 g/mol. The fourth-order valence-electron chi connectivity index (χ4n) is 2.12. The van der Waals surface area contributed by atoms with Crippen LogP contribution in [0, 0.1) is 0 Å². The lowest BCUT2D eigenvalue weighted by atomic mass is 10.3. The molecule has 20 heavy (non-hydrogen) atoms. The molecule has 1 aromatic rings. The maximum atomic E-state index is 12.3. The van der Waals surface area contributed by atoms with Gasteiger partial charge in [0.15, 0.2) is 0 Å². The van der Waals surface area contributed by atoms with Gasteiger partial charge in [-0.1, -0.05) is 12.1 Å². The van der Waals surface area contributed by atoms with Gasteiger partial charge in [0.25, 0.3) is 0 Å². The molecule has 1 unspecified atom stereocenters. The second-order valence-corrected chi connectivity index (χ2v) is 5.22. The average Bonchev–Trinajstić information content (AvgIpc) is 2.40. The van der Waals surface area contributed by atoms with Gasteiger partial charge in [0.2, 0.25) is 0 Å². The molecule has 0 radical (unpaired) electrons. The molecule has 2 rings (SSSR count). The van der Waals surface area contributed by atoms with E-state index in [2.05, 4.69) is 5.32 Å². The van der Waals surface area contributed by atoms with Crippen molar-refractivity contribution in [1.29, 1.82) is 0 Å². The number of para-hydroxylation sites is 2. The summed E-state index contributed by atoms with van der Waals surface area (Å²) in [6, 6.07) is 7.37. The van der Waals surface area contributed by atoms with E-state index in [1.54, 1.807) is 4.90 Å². The summed E-state index contributed by atoms with van der Waals surface area (Å²) in [6.45, 7) is 7.70. The quantitative estimate of drug-likeness (QED) is 0.925. The van der Waals surface area contributed by atoms with Gasteiger partial charge in [-0.3, -0.25) is 0 Å². The molecule has 0 aliphatic carbocycles. The normalized spacial score (nSPS) is 19.0. The molecule has 1 atom stereocenters. The molecule has 1 saturated heterocycles. The lowest BCUT2D eigenvalue weighted by Crippen LogP contribution is -2.46. The Hall–Kier alpha value is -1.75. The largest absolute Gasteiger partial charge is 0.489 e. The van der Waals surface area contributed by atoms with Gasteiger partial charge in [0, 0.05) is 13.1 Å². The van der Waals surface area contributed by atoms with Gasteiger partial charge in [0.05, 0.1) is 24.5 Å². The minimum atomic E-state index is -0.111. The zero-order valence-corrected chi connectivity index (χ0v) is 12.3. The van der Waals surface area contributed by atoms with E-state index in [1.807, 2.05) is 45.0 Å². The van der Waals surface area contributed by atoms with Crippen LogP contribution >= 0.6 is 0 Å². The van der Waals surface area contributed by atoms with Gasteiger partial charge in [0.1, 0.15) is 5.75 Å². The van der Waals surface area contributed by atoms with Gasteiger partial charge in [-0.15, -0.1) is 0 Å². The highest BCUT2D eigenvalue weighted by molar-refractivity contribution is 5.91. The Labute approximate surface area is 119 Å². The van der Waals surface area contributed by atoms with E-state index in [0.717, 1.165) is 0 Å². The molecule has 1 heterocycles. The van der Waals surface area contributed by atoms with Crippen molar-refractivity contribution < 1.29 is 14.3 Å². The van der Waals surface area contributed by atoms with Crippen LogP contribution in [0.5, 0.6) is 5.75 Å². The summed E-state index contributed by atoms with van der Waals surface area (Å²) in [5.41, 5.74) is 0.699. The zero-order valence-electron chi connectivity index (χ0n) is 12.3. The number of amides is 2. The first-order chi connectivity index (χ1) is 9.56. The molecule has 1 fully saturated rings. The molecular formula is C15H22N2O3. The summed E-state index contributed by atoms with van der Waals surface area (Å²) < 4.78 is 11.1. The summed E-state index contributed by atoms with van der Waals surface area (Å²) >= 11 is 0. The van der Waals surface area contributed by atoms with Crippen LogP contribution in [0.4, 0.5) is 10.5 Å². The second-order valence-electron chi connectivity index (χ2n) is 5.22. The molecule has 0 bridgehead atoms. The molecule has 0 aromatic heterocycles. The van der Waals surface area contributed by atoms with Crippen molar-refractivity contribution in [2.75, 3.05) is 25.0 Å². The molecule has 1 aliphatic rings. The highest BCUT2D eigenvalue weighted by Gasteiger charge is 2.22.